The van der Waals surface area contributed by atoms with Gasteiger partial charge in [-0.25, -0.2) is 14.4 Å². The average molecular weight is 476 g/mol. The van der Waals surface area contributed by atoms with E-state index in [-0.39, 0.29) is 23.6 Å². The number of hydrogen-bond acceptors (Lipinski definition) is 5. The molecule has 34 heavy (non-hydrogen) atoms. The maximum absolute atomic E-state index is 13.8. The lowest BCUT2D eigenvalue weighted by Gasteiger charge is -2.35. The van der Waals surface area contributed by atoms with E-state index in [1.807, 2.05) is 6.07 Å². The molecule has 3 aromatic rings. The van der Waals surface area contributed by atoms with E-state index in [4.69, 9.17) is 0 Å². The minimum atomic E-state index is -4.67. The van der Waals surface area contributed by atoms with E-state index in [0.29, 0.717) is 12.6 Å². The molecule has 2 atom stereocenters. The second-order valence-electron chi connectivity index (χ2n) is 8.92. The van der Waals surface area contributed by atoms with E-state index in [1.54, 1.807) is 6.20 Å². The summed E-state index contributed by atoms with van der Waals surface area (Å²) in [7, 11) is 0. The van der Waals surface area contributed by atoms with Crippen molar-refractivity contribution in [2.24, 2.45) is 5.92 Å². The molecule has 2 aliphatic rings. The fourth-order valence-electron chi connectivity index (χ4n) is 4.53. The topological polar surface area (TPSA) is 85.9 Å². The van der Waals surface area contributed by atoms with Crippen molar-refractivity contribution in [1.29, 1.82) is 0 Å². The summed E-state index contributed by atoms with van der Waals surface area (Å²) in [5.41, 5.74) is -0.406. The number of halogens is 4. The number of aromatic nitrogens is 3. The second kappa shape index (κ2) is 8.77. The first-order valence-corrected chi connectivity index (χ1v) is 11.3. The summed E-state index contributed by atoms with van der Waals surface area (Å²) in [6, 6.07) is 3.31. The van der Waals surface area contributed by atoms with Gasteiger partial charge in [0, 0.05) is 31.0 Å². The third-order valence-electron chi connectivity index (χ3n) is 6.32. The molecule has 0 radical (unpaired) electrons. The van der Waals surface area contributed by atoms with E-state index in [9.17, 15) is 22.4 Å². The molecule has 1 saturated carbocycles. The summed E-state index contributed by atoms with van der Waals surface area (Å²) in [5, 5.41) is 6.81. The Balaban J connectivity index is 1.29. The number of hydrogen-bond donors (Lipinski definition) is 3. The zero-order valence-electron chi connectivity index (χ0n) is 18.2. The Morgan fingerprint density at radius 1 is 1.18 bits per heavy atom. The predicted octanol–water partition coefficient (Wildman–Crippen LogP) is 4.09. The van der Waals surface area contributed by atoms with E-state index in [0.717, 1.165) is 61.2 Å². The molecule has 180 valence electrons. The Hall–Kier alpha value is -3.37. The number of carbonyl (C=O) groups is 1. The molecule has 3 heterocycles. The van der Waals surface area contributed by atoms with Crippen LogP contribution in [0.15, 0.2) is 36.8 Å². The van der Waals surface area contributed by atoms with E-state index in [1.165, 1.54) is 6.33 Å². The van der Waals surface area contributed by atoms with Crippen LogP contribution in [0.3, 0.4) is 0 Å². The molecule has 1 aliphatic carbocycles. The Kier molecular flexibility index (Phi) is 5.78. The molecule has 1 aliphatic heterocycles. The van der Waals surface area contributed by atoms with Crippen LogP contribution < -0.4 is 15.5 Å². The number of H-pyrrole nitrogens is 1. The van der Waals surface area contributed by atoms with E-state index in [2.05, 4.69) is 30.5 Å². The van der Waals surface area contributed by atoms with Gasteiger partial charge in [0.15, 0.2) is 0 Å². The molecular formula is C23H24F4N6O. The summed E-state index contributed by atoms with van der Waals surface area (Å²) >= 11 is 0. The number of nitrogens with one attached hydrogen (secondary N) is 3. The quantitative estimate of drug-likeness (QED) is 0.467. The largest absolute Gasteiger partial charge is 0.416 e. The highest BCUT2D eigenvalue weighted by molar-refractivity contribution is 5.88. The summed E-state index contributed by atoms with van der Waals surface area (Å²) in [6.07, 6.45) is 1.82. The van der Waals surface area contributed by atoms with Crippen molar-refractivity contribution in [2.75, 3.05) is 23.3 Å². The maximum atomic E-state index is 13.8. The predicted molar refractivity (Wildman–Crippen MR) is 119 cm³/mol. The number of nitrogens with zero attached hydrogens (tertiary/aromatic N) is 3. The molecule has 11 heteroatoms. The van der Waals surface area contributed by atoms with Crippen LogP contribution in [0.25, 0.3) is 11.0 Å². The van der Waals surface area contributed by atoms with Gasteiger partial charge in [-0.3, -0.25) is 4.79 Å². The molecule has 5 rings (SSSR count). The molecule has 0 unspecified atom stereocenters. The summed E-state index contributed by atoms with van der Waals surface area (Å²) in [4.78, 5) is 26.9. The van der Waals surface area contributed by atoms with Gasteiger partial charge in [-0.05, 0) is 55.9 Å². The van der Waals surface area contributed by atoms with Crippen LogP contribution in [-0.2, 0) is 11.0 Å². The number of amides is 1. The van der Waals surface area contributed by atoms with Gasteiger partial charge < -0.3 is 20.5 Å². The minimum absolute atomic E-state index is 0.00126. The van der Waals surface area contributed by atoms with Gasteiger partial charge in [0.1, 0.15) is 29.7 Å². The van der Waals surface area contributed by atoms with Crippen molar-refractivity contribution in [2.45, 2.75) is 43.9 Å². The Bertz CT molecular complexity index is 1190. The maximum Gasteiger partial charge on any atom is 0.416 e. The molecule has 2 fully saturated rings. The number of aromatic amines is 1. The number of alkyl halides is 3. The van der Waals surface area contributed by atoms with Crippen LogP contribution in [0.2, 0.25) is 0 Å². The van der Waals surface area contributed by atoms with Gasteiger partial charge in [-0.15, -0.1) is 0 Å². The number of rotatable bonds is 6. The third-order valence-corrected chi connectivity index (χ3v) is 6.32. The lowest BCUT2D eigenvalue weighted by atomic mass is 10.0. The highest BCUT2D eigenvalue weighted by atomic mass is 19.4. The van der Waals surface area contributed by atoms with E-state index >= 15 is 0 Å². The standard InChI is InChI=1S/C23H24F4N6O/c24-15-8-14(23(25,26)27)9-17(10-15)31-19(13-3-4-13)22(34)32-16-2-1-7-33(11-16)21-18-5-6-28-20(18)29-12-30-21/h5-6,8-10,12-13,16,19,31H,1-4,7,11H2,(H,32,34)(H,28,29,30)/t16-,19-/m1/s1. The van der Waals surface area contributed by atoms with Gasteiger partial charge in [-0.1, -0.05) is 0 Å². The highest BCUT2D eigenvalue weighted by Crippen LogP contribution is 2.36. The molecule has 0 spiro atoms. The number of piperidine rings is 1. The van der Waals surface area contributed by atoms with Crippen molar-refractivity contribution in [3.05, 3.63) is 48.2 Å². The van der Waals surface area contributed by atoms with Crippen LogP contribution in [0.5, 0.6) is 0 Å². The summed E-state index contributed by atoms with van der Waals surface area (Å²) < 4.78 is 53.1. The number of carbonyl (C=O) groups excluding carboxylic acids is 1. The van der Waals surface area contributed by atoms with Crippen LogP contribution in [-0.4, -0.2) is 46.0 Å². The Morgan fingerprint density at radius 2 is 2.00 bits per heavy atom. The minimum Gasteiger partial charge on any atom is -0.373 e. The third kappa shape index (κ3) is 4.78. The normalized spacial score (nSPS) is 19.8. The van der Waals surface area contributed by atoms with Gasteiger partial charge in [0.05, 0.1) is 10.9 Å². The monoisotopic (exact) mass is 476 g/mol. The molecule has 0 bridgehead atoms. The van der Waals surface area contributed by atoms with Gasteiger partial charge in [0.25, 0.3) is 0 Å². The smallest absolute Gasteiger partial charge is 0.373 e. The van der Waals surface area contributed by atoms with Crippen molar-refractivity contribution in [1.82, 2.24) is 20.3 Å². The highest BCUT2D eigenvalue weighted by Gasteiger charge is 2.38. The molecule has 1 amide bonds. The molecule has 2 aromatic heterocycles. The first-order chi connectivity index (χ1) is 16.3. The van der Waals surface area contributed by atoms with Gasteiger partial charge in [0.2, 0.25) is 5.91 Å². The Labute approximate surface area is 193 Å². The molecule has 1 aromatic carbocycles. The summed E-state index contributed by atoms with van der Waals surface area (Å²) in [5.74, 6) is -0.502. The Morgan fingerprint density at radius 3 is 2.76 bits per heavy atom. The van der Waals surface area contributed by atoms with E-state index < -0.39 is 23.6 Å². The zero-order valence-corrected chi connectivity index (χ0v) is 18.2. The number of anilines is 2. The fraction of sp³-hybridized carbons (Fsp3) is 0.435. The molecular weight excluding hydrogens is 452 g/mol. The SMILES string of the molecule is O=C(N[C@@H]1CCCN(c2ncnc3[nH]ccc23)C1)[C@H](Nc1cc(F)cc(C(F)(F)F)c1)C1CC1. The van der Waals surface area contributed by atoms with Crippen molar-refractivity contribution >= 4 is 28.4 Å². The molecule has 1 saturated heterocycles. The zero-order chi connectivity index (χ0) is 23.9. The first kappa shape index (κ1) is 22.4. The first-order valence-electron chi connectivity index (χ1n) is 11.3. The number of benzene rings is 1. The lowest BCUT2D eigenvalue weighted by Crippen LogP contribution is -2.52. The fourth-order valence-corrected chi connectivity index (χ4v) is 4.53. The number of fused-ring (bicyclic) bond motifs is 1. The van der Waals surface area contributed by atoms with Crippen molar-refractivity contribution in [3.8, 4) is 0 Å². The summed E-state index contributed by atoms with van der Waals surface area (Å²) in [6.45, 7) is 1.34. The van der Waals surface area contributed by atoms with Gasteiger partial charge in [-0.2, -0.15) is 13.2 Å². The van der Waals surface area contributed by atoms with Crippen LogP contribution >= 0.6 is 0 Å². The van der Waals surface area contributed by atoms with Crippen LogP contribution in [0.4, 0.5) is 29.1 Å². The van der Waals surface area contributed by atoms with Gasteiger partial charge >= 0.3 is 6.18 Å². The van der Waals surface area contributed by atoms with Crippen LogP contribution in [0, 0.1) is 11.7 Å². The van der Waals surface area contributed by atoms with Crippen molar-refractivity contribution in [3.63, 3.8) is 0 Å². The lowest BCUT2D eigenvalue weighted by molar-refractivity contribution is -0.137. The molecule has 3 N–H and O–H groups in total. The average Bonchev–Trinajstić information content (AvgIpc) is 3.51. The van der Waals surface area contributed by atoms with Crippen molar-refractivity contribution < 1.29 is 22.4 Å². The second-order valence-corrected chi connectivity index (χ2v) is 8.92. The van der Waals surface area contributed by atoms with Crippen LogP contribution in [0.1, 0.15) is 31.2 Å². The molecule has 7 nitrogen and oxygen atoms in total.